The first-order valence-electron chi connectivity index (χ1n) is 8.98. The number of hydrogen-bond acceptors (Lipinski definition) is 7. The van der Waals surface area contributed by atoms with Crippen molar-refractivity contribution < 1.29 is 19.1 Å². The van der Waals surface area contributed by atoms with Crippen LogP contribution < -0.4 is 10.1 Å². The second-order valence-corrected chi connectivity index (χ2v) is 7.95. The molecule has 1 aromatic heterocycles. The van der Waals surface area contributed by atoms with E-state index in [4.69, 9.17) is 21.1 Å². The van der Waals surface area contributed by atoms with Gasteiger partial charge in [-0.05, 0) is 38.5 Å². The molecule has 1 aromatic carbocycles. The molecular weight excluding hydrogens is 396 g/mol. The molecule has 9 heteroatoms. The summed E-state index contributed by atoms with van der Waals surface area (Å²) in [4.78, 5) is 33.6. The van der Waals surface area contributed by atoms with Gasteiger partial charge in [0.2, 0.25) is 0 Å². The molecule has 0 bridgehead atoms. The molecular formula is C20H25ClN4O4. The van der Waals surface area contributed by atoms with Crippen LogP contribution in [0.5, 0.6) is 5.75 Å². The molecule has 0 saturated heterocycles. The molecule has 8 nitrogen and oxygen atoms in total. The van der Waals surface area contributed by atoms with E-state index in [1.807, 2.05) is 0 Å². The van der Waals surface area contributed by atoms with Crippen LogP contribution in [0.3, 0.4) is 0 Å². The molecule has 0 saturated carbocycles. The number of nitrogens with one attached hydrogen (secondary N) is 1. The van der Waals surface area contributed by atoms with E-state index in [1.165, 1.54) is 17.3 Å². The molecule has 0 radical (unpaired) electrons. The van der Waals surface area contributed by atoms with Crippen molar-refractivity contribution in [1.29, 1.82) is 0 Å². The first-order chi connectivity index (χ1) is 13.5. The molecule has 1 N–H and O–H groups in total. The van der Waals surface area contributed by atoms with Crippen LogP contribution in [0.25, 0.3) is 0 Å². The largest absolute Gasteiger partial charge is 0.458 e. The zero-order valence-electron chi connectivity index (χ0n) is 17.1. The fourth-order valence-electron chi connectivity index (χ4n) is 2.28. The highest BCUT2D eigenvalue weighted by atomic mass is 35.5. The van der Waals surface area contributed by atoms with E-state index in [0.717, 1.165) is 5.56 Å². The number of hydrogen-bond donors (Lipinski definition) is 1. The highest BCUT2D eigenvalue weighted by molar-refractivity contribution is 6.29. The Labute approximate surface area is 175 Å². The van der Waals surface area contributed by atoms with Gasteiger partial charge in [-0.25, -0.2) is 19.6 Å². The maximum absolute atomic E-state index is 12.7. The summed E-state index contributed by atoms with van der Waals surface area (Å²) < 4.78 is 10.7. The number of amides is 1. The van der Waals surface area contributed by atoms with Crippen LogP contribution in [-0.4, -0.2) is 52.7 Å². The first-order valence-corrected chi connectivity index (χ1v) is 9.36. The summed E-state index contributed by atoms with van der Waals surface area (Å²) in [6.07, 6.45) is 1.18. The van der Waals surface area contributed by atoms with E-state index in [-0.39, 0.29) is 5.15 Å². The number of carbonyl (C=O) groups is 2. The highest BCUT2D eigenvalue weighted by Gasteiger charge is 2.26. The number of halogens is 1. The molecule has 2 aromatic rings. The van der Waals surface area contributed by atoms with Gasteiger partial charge in [0, 0.05) is 26.6 Å². The van der Waals surface area contributed by atoms with Gasteiger partial charge in [0.1, 0.15) is 34.7 Å². The topological polar surface area (TPSA) is 93.6 Å². The normalized spacial score (nSPS) is 12.1. The van der Waals surface area contributed by atoms with Crippen molar-refractivity contribution in [2.75, 3.05) is 19.4 Å². The predicted molar refractivity (Wildman–Crippen MR) is 110 cm³/mol. The van der Waals surface area contributed by atoms with Crippen LogP contribution >= 0.6 is 11.6 Å². The monoisotopic (exact) mass is 420 g/mol. The molecule has 0 aliphatic rings. The Balaban J connectivity index is 2.15. The number of aromatic nitrogens is 2. The van der Waals surface area contributed by atoms with Gasteiger partial charge in [0.05, 0.1) is 0 Å². The zero-order valence-corrected chi connectivity index (χ0v) is 17.9. The first kappa shape index (κ1) is 22.4. The van der Waals surface area contributed by atoms with Gasteiger partial charge in [-0.1, -0.05) is 23.7 Å². The zero-order chi connectivity index (χ0) is 21.6. The third-order valence-corrected chi connectivity index (χ3v) is 3.79. The average Bonchev–Trinajstić information content (AvgIpc) is 2.61. The van der Waals surface area contributed by atoms with Gasteiger partial charge < -0.3 is 19.7 Å². The van der Waals surface area contributed by atoms with E-state index in [0.29, 0.717) is 18.0 Å². The molecule has 29 heavy (non-hydrogen) atoms. The van der Waals surface area contributed by atoms with E-state index < -0.39 is 23.7 Å². The Bertz CT molecular complexity index is 850. The number of carbonyl (C=O) groups excluding carboxylic acids is 2. The summed E-state index contributed by atoms with van der Waals surface area (Å²) in [6.45, 7) is 5.41. The summed E-state index contributed by atoms with van der Waals surface area (Å²) in [5.41, 5.74) is 0.211. The third-order valence-electron chi connectivity index (χ3n) is 3.58. The molecule has 2 rings (SSSR count). The Kier molecular flexibility index (Phi) is 7.39. The fraction of sp³-hybridized carbons (Fsp3) is 0.400. The number of ether oxygens (including phenoxy) is 2. The quantitative estimate of drug-likeness (QED) is 0.564. The Morgan fingerprint density at radius 1 is 1.17 bits per heavy atom. The van der Waals surface area contributed by atoms with Crippen LogP contribution in [0.1, 0.15) is 26.3 Å². The molecule has 1 heterocycles. The summed E-state index contributed by atoms with van der Waals surface area (Å²) >= 11 is 5.90. The standard InChI is InChI=1S/C20H25ClN4O4/c1-20(2,3)29-18(26)15(24-17-11-16(21)22-12-23-17)10-13-6-8-14(9-7-13)28-19(27)25(4)5/h6-9,11-12,15H,10H2,1-5H3,(H,22,23,24)/t15-/m0/s1. The van der Waals surface area contributed by atoms with Crippen molar-refractivity contribution in [3.8, 4) is 5.75 Å². The van der Waals surface area contributed by atoms with Crippen molar-refractivity contribution >= 4 is 29.5 Å². The van der Waals surface area contributed by atoms with Crippen molar-refractivity contribution in [1.82, 2.24) is 14.9 Å². The Morgan fingerprint density at radius 2 is 1.83 bits per heavy atom. The second kappa shape index (κ2) is 9.56. The van der Waals surface area contributed by atoms with Crippen molar-refractivity contribution in [3.63, 3.8) is 0 Å². The number of nitrogens with zero attached hydrogens (tertiary/aromatic N) is 3. The molecule has 1 atom stereocenters. The molecule has 1 amide bonds. The lowest BCUT2D eigenvalue weighted by Gasteiger charge is -2.25. The number of benzene rings is 1. The summed E-state index contributed by atoms with van der Waals surface area (Å²) in [7, 11) is 3.21. The van der Waals surface area contributed by atoms with Gasteiger partial charge in [-0.15, -0.1) is 0 Å². The minimum absolute atomic E-state index is 0.262. The van der Waals surface area contributed by atoms with Crippen LogP contribution in [0.2, 0.25) is 5.15 Å². The van der Waals surface area contributed by atoms with Crippen molar-refractivity contribution in [2.45, 2.75) is 38.8 Å². The molecule has 0 fully saturated rings. The van der Waals surface area contributed by atoms with E-state index in [9.17, 15) is 9.59 Å². The van der Waals surface area contributed by atoms with Gasteiger partial charge in [-0.3, -0.25) is 0 Å². The molecule has 0 spiro atoms. The predicted octanol–water partition coefficient (Wildman–Crippen LogP) is 3.56. The summed E-state index contributed by atoms with van der Waals surface area (Å²) in [5, 5.41) is 3.31. The Morgan fingerprint density at radius 3 is 2.38 bits per heavy atom. The van der Waals surface area contributed by atoms with Crippen LogP contribution in [0.4, 0.5) is 10.6 Å². The fourth-order valence-corrected chi connectivity index (χ4v) is 2.43. The summed E-state index contributed by atoms with van der Waals surface area (Å²) in [6, 6.07) is 7.74. The minimum Gasteiger partial charge on any atom is -0.458 e. The molecule has 0 unspecified atom stereocenters. The number of anilines is 1. The van der Waals surface area contributed by atoms with Gasteiger partial charge in [0.25, 0.3) is 0 Å². The maximum atomic E-state index is 12.7. The van der Waals surface area contributed by atoms with Gasteiger partial charge >= 0.3 is 12.1 Å². The molecule has 0 aliphatic carbocycles. The lowest BCUT2D eigenvalue weighted by Crippen LogP contribution is -2.38. The Hall–Kier alpha value is -2.87. The third kappa shape index (κ3) is 7.57. The average molecular weight is 421 g/mol. The van der Waals surface area contributed by atoms with E-state index in [2.05, 4.69) is 15.3 Å². The lowest BCUT2D eigenvalue weighted by atomic mass is 10.1. The molecule has 0 aliphatic heterocycles. The molecule has 156 valence electrons. The summed E-state index contributed by atoms with van der Waals surface area (Å²) in [5.74, 6) is 0.407. The SMILES string of the molecule is CN(C)C(=O)Oc1ccc(C[C@H](Nc2cc(Cl)ncn2)C(=O)OC(C)(C)C)cc1. The van der Waals surface area contributed by atoms with E-state index >= 15 is 0 Å². The smallest absolute Gasteiger partial charge is 0.414 e. The van der Waals surface area contributed by atoms with Crippen molar-refractivity contribution in [3.05, 3.63) is 47.4 Å². The van der Waals surface area contributed by atoms with Crippen LogP contribution in [0.15, 0.2) is 36.7 Å². The minimum atomic E-state index is -0.699. The number of esters is 1. The van der Waals surface area contributed by atoms with E-state index in [1.54, 1.807) is 59.1 Å². The van der Waals surface area contributed by atoms with Crippen molar-refractivity contribution in [2.24, 2.45) is 0 Å². The second-order valence-electron chi connectivity index (χ2n) is 7.57. The van der Waals surface area contributed by atoms with Crippen LogP contribution in [-0.2, 0) is 16.0 Å². The maximum Gasteiger partial charge on any atom is 0.414 e. The number of rotatable bonds is 6. The van der Waals surface area contributed by atoms with Gasteiger partial charge in [0.15, 0.2) is 0 Å². The van der Waals surface area contributed by atoms with Crippen LogP contribution in [0, 0.1) is 0 Å². The lowest BCUT2D eigenvalue weighted by molar-refractivity contribution is -0.155. The van der Waals surface area contributed by atoms with Gasteiger partial charge in [-0.2, -0.15) is 0 Å². The highest BCUT2D eigenvalue weighted by Crippen LogP contribution is 2.18.